The summed E-state index contributed by atoms with van der Waals surface area (Å²) in [7, 11) is 0. The Morgan fingerprint density at radius 1 is 1.44 bits per heavy atom. The normalized spacial score (nSPS) is 24.7. The first-order valence-electron chi connectivity index (χ1n) is 6.20. The summed E-state index contributed by atoms with van der Waals surface area (Å²) in [6, 6.07) is 7.76. The van der Waals surface area contributed by atoms with Crippen LogP contribution in [0.5, 0.6) is 5.75 Å². The summed E-state index contributed by atoms with van der Waals surface area (Å²) in [5, 5.41) is 0.0339. The molecule has 1 unspecified atom stereocenters. The standard InChI is InChI=1S/C14H17BrO3/c1-3-12(15)17-11-6-4-10(5-7-11)14-9(2)8-13(16)18-14/h4-7,9,12,14H,3,8H2,1-2H3/t9-,12?,14+/m1/s1. The summed E-state index contributed by atoms with van der Waals surface area (Å²) in [6.45, 7) is 4.08. The number of ether oxygens (including phenoxy) is 2. The van der Waals surface area contributed by atoms with Crippen LogP contribution in [-0.2, 0) is 9.53 Å². The molecule has 0 N–H and O–H groups in total. The Labute approximate surface area is 116 Å². The van der Waals surface area contributed by atoms with E-state index in [-0.39, 0.29) is 23.0 Å². The van der Waals surface area contributed by atoms with Gasteiger partial charge in [-0.15, -0.1) is 0 Å². The molecule has 0 amide bonds. The van der Waals surface area contributed by atoms with Crippen LogP contribution >= 0.6 is 15.9 Å². The molecule has 1 aromatic carbocycles. The van der Waals surface area contributed by atoms with Gasteiger partial charge < -0.3 is 9.47 Å². The molecule has 0 aliphatic carbocycles. The molecule has 3 nitrogen and oxygen atoms in total. The van der Waals surface area contributed by atoms with E-state index in [2.05, 4.69) is 15.9 Å². The smallest absolute Gasteiger partial charge is 0.306 e. The lowest BCUT2D eigenvalue weighted by Crippen LogP contribution is -2.07. The van der Waals surface area contributed by atoms with E-state index < -0.39 is 0 Å². The highest BCUT2D eigenvalue weighted by molar-refractivity contribution is 9.09. The Morgan fingerprint density at radius 3 is 2.61 bits per heavy atom. The molecule has 0 radical (unpaired) electrons. The maximum Gasteiger partial charge on any atom is 0.306 e. The fourth-order valence-corrected chi connectivity index (χ4v) is 2.26. The fraction of sp³-hybridized carbons (Fsp3) is 0.500. The van der Waals surface area contributed by atoms with Crippen LogP contribution in [0, 0.1) is 5.92 Å². The van der Waals surface area contributed by atoms with E-state index >= 15 is 0 Å². The number of rotatable bonds is 4. The molecule has 1 aromatic rings. The minimum absolute atomic E-state index is 0.0339. The number of cyclic esters (lactones) is 1. The lowest BCUT2D eigenvalue weighted by atomic mass is 9.97. The van der Waals surface area contributed by atoms with Crippen LogP contribution in [0.4, 0.5) is 0 Å². The van der Waals surface area contributed by atoms with Crippen molar-refractivity contribution in [1.29, 1.82) is 0 Å². The predicted molar refractivity (Wildman–Crippen MR) is 72.7 cm³/mol. The number of halogens is 1. The van der Waals surface area contributed by atoms with Gasteiger partial charge in [0.2, 0.25) is 0 Å². The second-order valence-electron chi connectivity index (χ2n) is 4.60. The van der Waals surface area contributed by atoms with Crippen LogP contribution in [0.1, 0.15) is 38.4 Å². The molecule has 1 fully saturated rings. The van der Waals surface area contributed by atoms with E-state index in [0.717, 1.165) is 17.7 Å². The number of hydrogen-bond donors (Lipinski definition) is 0. The zero-order valence-electron chi connectivity index (χ0n) is 10.6. The number of esters is 1. The van der Waals surface area contributed by atoms with Crippen molar-refractivity contribution in [2.24, 2.45) is 5.92 Å². The molecule has 0 spiro atoms. The molecule has 0 saturated carbocycles. The van der Waals surface area contributed by atoms with Gasteiger partial charge in [-0.3, -0.25) is 4.79 Å². The number of alkyl halides is 1. The van der Waals surface area contributed by atoms with Gasteiger partial charge in [0.1, 0.15) is 11.9 Å². The summed E-state index contributed by atoms with van der Waals surface area (Å²) in [6.07, 6.45) is 1.29. The quantitative estimate of drug-likeness (QED) is 0.626. The maximum atomic E-state index is 11.2. The minimum Gasteiger partial charge on any atom is -0.479 e. The summed E-state index contributed by atoms with van der Waals surface area (Å²) in [5.41, 5.74) is 1.03. The lowest BCUT2D eigenvalue weighted by molar-refractivity contribution is -0.141. The third-order valence-corrected chi connectivity index (χ3v) is 3.89. The molecule has 0 aromatic heterocycles. The minimum atomic E-state index is -0.113. The molecule has 2 rings (SSSR count). The van der Waals surface area contributed by atoms with E-state index in [0.29, 0.717) is 6.42 Å². The van der Waals surface area contributed by atoms with E-state index in [1.165, 1.54) is 0 Å². The Balaban J connectivity index is 2.05. The van der Waals surface area contributed by atoms with E-state index in [4.69, 9.17) is 9.47 Å². The van der Waals surface area contributed by atoms with Crippen molar-refractivity contribution in [3.63, 3.8) is 0 Å². The molecule has 1 aliphatic heterocycles. The van der Waals surface area contributed by atoms with Gasteiger partial charge >= 0.3 is 5.97 Å². The molecular formula is C14H17BrO3. The van der Waals surface area contributed by atoms with Crippen molar-refractivity contribution in [3.05, 3.63) is 29.8 Å². The lowest BCUT2D eigenvalue weighted by Gasteiger charge is -2.15. The number of hydrogen-bond acceptors (Lipinski definition) is 3. The van der Waals surface area contributed by atoms with Crippen LogP contribution < -0.4 is 4.74 Å². The first kappa shape index (κ1) is 13.4. The summed E-state index contributed by atoms with van der Waals surface area (Å²) < 4.78 is 11.0. The first-order valence-corrected chi connectivity index (χ1v) is 7.12. The summed E-state index contributed by atoms with van der Waals surface area (Å²) >= 11 is 3.42. The van der Waals surface area contributed by atoms with Gasteiger partial charge in [0.15, 0.2) is 5.01 Å². The van der Waals surface area contributed by atoms with Crippen LogP contribution in [0.3, 0.4) is 0 Å². The topological polar surface area (TPSA) is 35.5 Å². The van der Waals surface area contributed by atoms with Crippen molar-refractivity contribution in [3.8, 4) is 5.75 Å². The van der Waals surface area contributed by atoms with Gasteiger partial charge in [-0.2, -0.15) is 0 Å². The summed E-state index contributed by atoms with van der Waals surface area (Å²) in [4.78, 5) is 11.2. The largest absolute Gasteiger partial charge is 0.479 e. The second kappa shape index (κ2) is 5.74. The van der Waals surface area contributed by atoms with Crippen molar-refractivity contribution >= 4 is 21.9 Å². The van der Waals surface area contributed by atoms with Gasteiger partial charge in [-0.1, -0.05) is 26.0 Å². The highest BCUT2D eigenvalue weighted by atomic mass is 79.9. The highest BCUT2D eigenvalue weighted by Crippen LogP contribution is 2.35. The average molecular weight is 313 g/mol. The molecule has 0 bridgehead atoms. The van der Waals surface area contributed by atoms with Gasteiger partial charge in [0.25, 0.3) is 0 Å². The number of carbonyl (C=O) groups is 1. The zero-order valence-corrected chi connectivity index (χ0v) is 12.1. The molecular weight excluding hydrogens is 296 g/mol. The summed E-state index contributed by atoms with van der Waals surface area (Å²) in [5.74, 6) is 0.947. The van der Waals surface area contributed by atoms with E-state index in [1.807, 2.05) is 38.1 Å². The molecule has 4 heteroatoms. The highest BCUT2D eigenvalue weighted by Gasteiger charge is 2.32. The van der Waals surface area contributed by atoms with Crippen molar-refractivity contribution < 1.29 is 14.3 Å². The third-order valence-electron chi connectivity index (χ3n) is 3.06. The monoisotopic (exact) mass is 312 g/mol. The molecule has 1 aliphatic rings. The van der Waals surface area contributed by atoms with Gasteiger partial charge in [-0.05, 0) is 40.0 Å². The van der Waals surface area contributed by atoms with Gasteiger partial charge in [0.05, 0.1) is 6.42 Å². The van der Waals surface area contributed by atoms with Crippen molar-refractivity contribution in [2.45, 2.75) is 37.8 Å². The fourth-order valence-electron chi connectivity index (χ4n) is 2.04. The van der Waals surface area contributed by atoms with Crippen molar-refractivity contribution in [2.75, 3.05) is 0 Å². The Bertz CT molecular complexity index is 416. The molecule has 1 saturated heterocycles. The maximum absolute atomic E-state index is 11.2. The van der Waals surface area contributed by atoms with Gasteiger partial charge in [0, 0.05) is 5.92 Å². The first-order chi connectivity index (χ1) is 8.60. The number of benzene rings is 1. The molecule has 98 valence electrons. The van der Waals surface area contributed by atoms with Gasteiger partial charge in [-0.25, -0.2) is 0 Å². The van der Waals surface area contributed by atoms with Crippen molar-refractivity contribution in [1.82, 2.24) is 0 Å². The second-order valence-corrected chi connectivity index (χ2v) is 5.62. The van der Waals surface area contributed by atoms with E-state index in [9.17, 15) is 4.79 Å². The Morgan fingerprint density at radius 2 is 2.11 bits per heavy atom. The van der Waals surface area contributed by atoms with Crippen LogP contribution in [0.2, 0.25) is 0 Å². The van der Waals surface area contributed by atoms with E-state index in [1.54, 1.807) is 0 Å². The molecule has 3 atom stereocenters. The third kappa shape index (κ3) is 3.05. The predicted octanol–water partition coefficient (Wildman–Crippen LogP) is 3.82. The Hall–Kier alpha value is -1.03. The van der Waals surface area contributed by atoms with Crippen LogP contribution in [0.25, 0.3) is 0 Å². The SMILES string of the molecule is CCC(Br)Oc1ccc([C@H]2OC(=O)C[C@H]2C)cc1. The zero-order chi connectivity index (χ0) is 13.1. The average Bonchev–Trinajstić information content (AvgIpc) is 2.69. The molecule has 1 heterocycles. The van der Waals surface area contributed by atoms with Crippen LogP contribution in [-0.4, -0.2) is 11.0 Å². The van der Waals surface area contributed by atoms with Crippen LogP contribution in [0.15, 0.2) is 24.3 Å². The molecule has 18 heavy (non-hydrogen) atoms. The Kier molecular flexibility index (Phi) is 4.27. The number of carbonyl (C=O) groups excluding carboxylic acids is 1.